The molecule has 4 rings (SSSR count). The maximum absolute atomic E-state index is 12.9. The Labute approximate surface area is 157 Å². The standard InChI is InChI=1S/C20H14F3N3O2/c1-2-26-11-15(17(27)14-8-3-4-9-16(14)26)19-24-18(25-28-19)12-6-5-7-13(10-12)20(21,22)23/h3-11H,2H2,1H3. The molecule has 2 heterocycles. The summed E-state index contributed by atoms with van der Waals surface area (Å²) in [6.07, 6.45) is -2.86. The largest absolute Gasteiger partial charge is 0.416 e. The lowest BCUT2D eigenvalue weighted by atomic mass is 10.1. The van der Waals surface area contributed by atoms with Crippen LogP contribution in [0.15, 0.2) is 64.0 Å². The molecular formula is C20H14F3N3O2. The van der Waals surface area contributed by atoms with Crippen LogP contribution >= 0.6 is 0 Å². The summed E-state index contributed by atoms with van der Waals surface area (Å²) in [5, 5.41) is 4.26. The molecular weight excluding hydrogens is 371 g/mol. The molecule has 5 nitrogen and oxygen atoms in total. The quantitative estimate of drug-likeness (QED) is 0.510. The third-order valence-electron chi connectivity index (χ3n) is 4.43. The van der Waals surface area contributed by atoms with Crippen LogP contribution in [0.25, 0.3) is 33.7 Å². The van der Waals surface area contributed by atoms with Crippen molar-refractivity contribution in [2.45, 2.75) is 19.6 Å². The highest BCUT2D eigenvalue weighted by Crippen LogP contribution is 2.32. The fraction of sp³-hybridized carbons (Fsp3) is 0.150. The highest BCUT2D eigenvalue weighted by Gasteiger charge is 2.31. The van der Waals surface area contributed by atoms with E-state index in [9.17, 15) is 18.0 Å². The van der Waals surface area contributed by atoms with Gasteiger partial charge in [0.2, 0.25) is 11.3 Å². The van der Waals surface area contributed by atoms with Crippen LogP contribution in [-0.4, -0.2) is 14.7 Å². The van der Waals surface area contributed by atoms with E-state index in [1.165, 1.54) is 12.1 Å². The molecule has 0 atom stereocenters. The van der Waals surface area contributed by atoms with Crippen molar-refractivity contribution >= 4 is 10.9 Å². The molecule has 0 amide bonds. The summed E-state index contributed by atoms with van der Waals surface area (Å²) in [7, 11) is 0. The second-order valence-corrected chi connectivity index (χ2v) is 6.18. The van der Waals surface area contributed by atoms with Gasteiger partial charge in [0.25, 0.3) is 5.89 Å². The molecule has 0 saturated carbocycles. The average Bonchev–Trinajstić information content (AvgIpc) is 3.18. The number of aryl methyl sites for hydroxylation is 1. The summed E-state index contributed by atoms with van der Waals surface area (Å²) >= 11 is 0. The second-order valence-electron chi connectivity index (χ2n) is 6.18. The van der Waals surface area contributed by atoms with E-state index in [0.717, 1.165) is 17.6 Å². The van der Waals surface area contributed by atoms with Gasteiger partial charge in [0.15, 0.2) is 0 Å². The third-order valence-corrected chi connectivity index (χ3v) is 4.43. The van der Waals surface area contributed by atoms with Crippen molar-refractivity contribution < 1.29 is 17.7 Å². The van der Waals surface area contributed by atoms with E-state index >= 15 is 0 Å². The molecule has 0 fully saturated rings. The van der Waals surface area contributed by atoms with Crippen LogP contribution in [0.5, 0.6) is 0 Å². The fourth-order valence-corrected chi connectivity index (χ4v) is 3.04. The number of nitrogens with zero attached hydrogens (tertiary/aromatic N) is 3. The molecule has 0 bridgehead atoms. The Bertz CT molecular complexity index is 1230. The summed E-state index contributed by atoms with van der Waals surface area (Å²) in [5.74, 6) is -0.0536. The zero-order chi connectivity index (χ0) is 19.9. The van der Waals surface area contributed by atoms with Crippen molar-refractivity contribution in [2.75, 3.05) is 0 Å². The van der Waals surface area contributed by atoms with Crippen molar-refractivity contribution in [3.63, 3.8) is 0 Å². The van der Waals surface area contributed by atoms with Crippen molar-refractivity contribution in [1.29, 1.82) is 0 Å². The molecule has 2 aromatic heterocycles. The Morgan fingerprint density at radius 1 is 1.11 bits per heavy atom. The van der Waals surface area contributed by atoms with Gasteiger partial charge in [-0.15, -0.1) is 0 Å². The minimum Gasteiger partial charge on any atom is -0.347 e. The average molecular weight is 385 g/mol. The molecule has 0 radical (unpaired) electrons. The van der Waals surface area contributed by atoms with E-state index in [1.807, 2.05) is 23.6 Å². The van der Waals surface area contributed by atoms with E-state index in [1.54, 1.807) is 18.3 Å². The van der Waals surface area contributed by atoms with Gasteiger partial charge in [-0.1, -0.05) is 29.4 Å². The monoisotopic (exact) mass is 385 g/mol. The molecule has 0 unspecified atom stereocenters. The van der Waals surface area contributed by atoms with Gasteiger partial charge in [0.1, 0.15) is 5.56 Å². The molecule has 28 heavy (non-hydrogen) atoms. The zero-order valence-corrected chi connectivity index (χ0v) is 14.7. The van der Waals surface area contributed by atoms with Crippen molar-refractivity contribution in [1.82, 2.24) is 14.7 Å². The van der Waals surface area contributed by atoms with Gasteiger partial charge in [-0.05, 0) is 31.2 Å². The fourth-order valence-electron chi connectivity index (χ4n) is 3.04. The summed E-state index contributed by atoms with van der Waals surface area (Å²) in [4.78, 5) is 17.0. The van der Waals surface area contributed by atoms with Crippen molar-refractivity contribution in [3.05, 3.63) is 70.5 Å². The van der Waals surface area contributed by atoms with Crippen LogP contribution in [0.2, 0.25) is 0 Å². The number of fused-ring (bicyclic) bond motifs is 1. The van der Waals surface area contributed by atoms with E-state index in [4.69, 9.17) is 4.52 Å². The molecule has 0 aliphatic carbocycles. The Morgan fingerprint density at radius 3 is 2.64 bits per heavy atom. The number of benzene rings is 2. The Morgan fingerprint density at radius 2 is 1.89 bits per heavy atom. The van der Waals surface area contributed by atoms with Gasteiger partial charge in [-0.25, -0.2) is 0 Å². The lowest BCUT2D eigenvalue weighted by Crippen LogP contribution is -2.11. The summed E-state index contributed by atoms with van der Waals surface area (Å²) < 4.78 is 45.9. The SMILES string of the molecule is CCn1cc(-c2nc(-c3cccc(C(F)(F)F)c3)no2)c(=O)c2ccccc21. The number of rotatable bonds is 3. The third kappa shape index (κ3) is 3.06. The Kier molecular flexibility index (Phi) is 4.26. The number of hydrogen-bond acceptors (Lipinski definition) is 4. The van der Waals surface area contributed by atoms with Gasteiger partial charge >= 0.3 is 6.18 Å². The Balaban J connectivity index is 1.83. The van der Waals surface area contributed by atoms with E-state index < -0.39 is 11.7 Å². The topological polar surface area (TPSA) is 60.9 Å². The number of halogens is 3. The van der Waals surface area contributed by atoms with Crippen LogP contribution in [0.1, 0.15) is 12.5 Å². The molecule has 0 aliphatic heterocycles. The van der Waals surface area contributed by atoms with E-state index in [0.29, 0.717) is 11.9 Å². The van der Waals surface area contributed by atoms with E-state index in [-0.39, 0.29) is 28.3 Å². The number of hydrogen-bond donors (Lipinski definition) is 0. The molecule has 0 N–H and O–H groups in total. The second kappa shape index (κ2) is 6.63. The maximum Gasteiger partial charge on any atom is 0.416 e. The molecule has 142 valence electrons. The first-order valence-corrected chi connectivity index (χ1v) is 8.52. The summed E-state index contributed by atoms with van der Waals surface area (Å²) in [5.41, 5.74) is 0.0408. The van der Waals surface area contributed by atoms with Crippen molar-refractivity contribution in [3.8, 4) is 22.8 Å². The van der Waals surface area contributed by atoms with Crippen molar-refractivity contribution in [2.24, 2.45) is 0 Å². The molecule has 0 spiro atoms. The lowest BCUT2D eigenvalue weighted by Gasteiger charge is -2.09. The van der Waals surface area contributed by atoms with Gasteiger partial charge in [-0.3, -0.25) is 4.79 Å². The van der Waals surface area contributed by atoms with Gasteiger partial charge in [0.05, 0.1) is 11.1 Å². The highest BCUT2D eigenvalue weighted by atomic mass is 19.4. The first kappa shape index (κ1) is 18.0. The normalized spacial score (nSPS) is 11.9. The zero-order valence-electron chi connectivity index (χ0n) is 14.7. The molecule has 0 saturated heterocycles. The van der Waals surface area contributed by atoms with E-state index in [2.05, 4.69) is 10.1 Å². The van der Waals surface area contributed by atoms with Crippen LogP contribution < -0.4 is 5.43 Å². The van der Waals surface area contributed by atoms with Crippen LogP contribution in [0.3, 0.4) is 0 Å². The summed E-state index contributed by atoms with van der Waals surface area (Å²) in [6.45, 7) is 2.55. The molecule has 0 aliphatic rings. The smallest absolute Gasteiger partial charge is 0.347 e. The number of para-hydroxylation sites is 1. The van der Waals surface area contributed by atoms with Crippen LogP contribution in [0, 0.1) is 0 Å². The molecule has 4 aromatic rings. The summed E-state index contributed by atoms with van der Waals surface area (Å²) in [6, 6.07) is 11.8. The minimum atomic E-state index is -4.48. The maximum atomic E-state index is 12.9. The lowest BCUT2D eigenvalue weighted by molar-refractivity contribution is -0.137. The molecule has 2 aromatic carbocycles. The van der Waals surface area contributed by atoms with Gasteiger partial charge in [-0.2, -0.15) is 18.2 Å². The molecule has 8 heteroatoms. The van der Waals surface area contributed by atoms with Gasteiger partial charge < -0.3 is 9.09 Å². The Hall–Kier alpha value is -3.42. The predicted octanol–water partition coefficient (Wildman–Crippen LogP) is 4.76. The first-order chi connectivity index (χ1) is 13.4. The van der Waals surface area contributed by atoms with Crippen LogP contribution in [0.4, 0.5) is 13.2 Å². The number of alkyl halides is 3. The van der Waals surface area contributed by atoms with Gasteiger partial charge in [0, 0.05) is 23.7 Å². The first-order valence-electron chi connectivity index (χ1n) is 8.52. The number of aromatic nitrogens is 3. The minimum absolute atomic E-state index is 0.0169. The highest BCUT2D eigenvalue weighted by molar-refractivity contribution is 5.82. The predicted molar refractivity (Wildman–Crippen MR) is 97.6 cm³/mol. The van der Waals surface area contributed by atoms with Crippen LogP contribution in [-0.2, 0) is 12.7 Å². The number of pyridine rings is 1.